The van der Waals surface area contributed by atoms with Gasteiger partial charge >= 0.3 is 0 Å². The van der Waals surface area contributed by atoms with Crippen LogP contribution < -0.4 is 14.8 Å². The van der Waals surface area contributed by atoms with Gasteiger partial charge in [0.05, 0.1) is 12.8 Å². The van der Waals surface area contributed by atoms with Gasteiger partial charge in [0.15, 0.2) is 0 Å². The molecule has 5 nitrogen and oxygen atoms in total. The van der Waals surface area contributed by atoms with E-state index < -0.39 is 10.0 Å². The lowest BCUT2D eigenvalue weighted by atomic mass is 10.3. The smallest absolute Gasteiger partial charge is 0.265 e. The van der Waals surface area contributed by atoms with E-state index in [2.05, 4.69) is 15.9 Å². The summed E-state index contributed by atoms with van der Waals surface area (Å²) in [6.45, 7) is 0. The third-order valence-corrected chi connectivity index (χ3v) is 5.77. The molecular weight excluding hydrogens is 356 g/mol. The van der Waals surface area contributed by atoms with Gasteiger partial charge in [0.25, 0.3) is 10.0 Å². The van der Waals surface area contributed by atoms with E-state index in [9.17, 15) is 8.42 Å². The van der Waals surface area contributed by atoms with Crippen LogP contribution in [0.4, 0.5) is 11.4 Å². The van der Waals surface area contributed by atoms with E-state index in [1.165, 1.54) is 24.5 Å². The van der Waals surface area contributed by atoms with Gasteiger partial charge in [0.1, 0.15) is 10.6 Å². The number of nitrogens with zero attached hydrogens (tertiary/aromatic N) is 1. The molecule has 112 valence electrons. The molecule has 2 N–H and O–H groups in total. The Morgan fingerprint density at radius 1 is 1.19 bits per heavy atom. The van der Waals surface area contributed by atoms with Crippen molar-refractivity contribution in [3.05, 3.63) is 46.9 Å². The lowest BCUT2D eigenvalue weighted by Gasteiger charge is -2.20. The predicted molar refractivity (Wildman–Crippen MR) is 87.1 cm³/mol. The second kappa shape index (κ2) is 5.95. The van der Waals surface area contributed by atoms with E-state index in [4.69, 9.17) is 10.5 Å². The maximum atomic E-state index is 12.7. The van der Waals surface area contributed by atoms with Crippen LogP contribution in [-0.4, -0.2) is 22.6 Å². The zero-order chi connectivity index (χ0) is 15.6. The first-order valence-electron chi connectivity index (χ1n) is 6.04. The lowest BCUT2D eigenvalue weighted by Crippen LogP contribution is -2.26. The first-order chi connectivity index (χ1) is 9.86. The Hall–Kier alpha value is -1.73. The third kappa shape index (κ3) is 3.14. The van der Waals surface area contributed by atoms with Crippen molar-refractivity contribution in [2.75, 3.05) is 24.2 Å². The van der Waals surface area contributed by atoms with E-state index in [0.717, 1.165) is 0 Å². The molecule has 0 aliphatic heterocycles. The molecule has 0 aliphatic carbocycles. The van der Waals surface area contributed by atoms with E-state index in [1.54, 1.807) is 36.4 Å². The molecule has 21 heavy (non-hydrogen) atoms. The van der Waals surface area contributed by atoms with Crippen LogP contribution in [0.1, 0.15) is 0 Å². The van der Waals surface area contributed by atoms with Crippen molar-refractivity contribution in [2.24, 2.45) is 0 Å². The molecule has 0 heterocycles. The Labute approximate surface area is 132 Å². The fourth-order valence-electron chi connectivity index (χ4n) is 1.82. The SMILES string of the molecule is COc1cccc(N(C)S(=O)(=O)c2ccc(N)cc2Br)c1. The van der Waals surface area contributed by atoms with Crippen LogP contribution in [0.3, 0.4) is 0 Å². The highest BCUT2D eigenvalue weighted by Crippen LogP contribution is 2.30. The van der Waals surface area contributed by atoms with Gasteiger partial charge in [-0.3, -0.25) is 4.31 Å². The second-order valence-corrected chi connectivity index (χ2v) is 7.16. The number of hydrogen-bond donors (Lipinski definition) is 1. The first-order valence-corrected chi connectivity index (χ1v) is 8.27. The van der Waals surface area contributed by atoms with Crippen molar-refractivity contribution in [1.82, 2.24) is 0 Å². The lowest BCUT2D eigenvalue weighted by molar-refractivity contribution is 0.415. The fourth-order valence-corrected chi connectivity index (χ4v) is 4.06. The molecule has 0 bridgehead atoms. The van der Waals surface area contributed by atoms with Gasteiger partial charge in [-0.05, 0) is 46.3 Å². The van der Waals surface area contributed by atoms with Crippen molar-refractivity contribution >= 4 is 37.3 Å². The van der Waals surface area contributed by atoms with E-state index in [1.807, 2.05) is 0 Å². The number of methoxy groups -OCH3 is 1. The third-order valence-electron chi connectivity index (χ3n) is 3.01. The Kier molecular flexibility index (Phi) is 4.43. The molecule has 0 saturated heterocycles. The number of benzene rings is 2. The molecule has 0 fully saturated rings. The average Bonchev–Trinajstić information content (AvgIpc) is 2.46. The highest BCUT2D eigenvalue weighted by molar-refractivity contribution is 9.10. The van der Waals surface area contributed by atoms with Crippen molar-refractivity contribution < 1.29 is 13.2 Å². The molecule has 0 atom stereocenters. The summed E-state index contributed by atoms with van der Waals surface area (Å²) in [4.78, 5) is 0.155. The summed E-state index contributed by atoms with van der Waals surface area (Å²) in [5.74, 6) is 0.589. The Morgan fingerprint density at radius 2 is 1.90 bits per heavy atom. The zero-order valence-electron chi connectivity index (χ0n) is 11.6. The van der Waals surface area contributed by atoms with E-state index in [-0.39, 0.29) is 4.90 Å². The number of nitrogens with two attached hydrogens (primary N) is 1. The van der Waals surface area contributed by atoms with Gasteiger partial charge in [-0.1, -0.05) is 6.07 Å². The minimum Gasteiger partial charge on any atom is -0.497 e. The molecule has 0 saturated carbocycles. The molecule has 0 spiro atoms. The summed E-state index contributed by atoms with van der Waals surface area (Å²) in [6, 6.07) is 11.4. The van der Waals surface area contributed by atoms with Gasteiger partial charge in [0.2, 0.25) is 0 Å². The number of hydrogen-bond acceptors (Lipinski definition) is 4. The van der Waals surface area contributed by atoms with E-state index in [0.29, 0.717) is 21.6 Å². The molecule has 0 aliphatic rings. The summed E-state index contributed by atoms with van der Waals surface area (Å²) in [6.07, 6.45) is 0. The molecular formula is C14H15BrN2O3S. The highest BCUT2D eigenvalue weighted by Gasteiger charge is 2.24. The Morgan fingerprint density at radius 3 is 2.52 bits per heavy atom. The van der Waals surface area contributed by atoms with Crippen molar-refractivity contribution in [2.45, 2.75) is 4.90 Å². The standard InChI is InChI=1S/C14H15BrN2O3S/c1-17(11-4-3-5-12(9-11)20-2)21(18,19)14-7-6-10(16)8-13(14)15/h3-9H,16H2,1-2H3. The van der Waals surface area contributed by atoms with Crippen LogP contribution >= 0.6 is 15.9 Å². The molecule has 0 amide bonds. The van der Waals surface area contributed by atoms with Crippen LogP contribution in [0.5, 0.6) is 5.75 Å². The van der Waals surface area contributed by atoms with Crippen LogP contribution in [0.2, 0.25) is 0 Å². The summed E-state index contributed by atoms with van der Waals surface area (Å²) in [5.41, 5.74) is 6.64. The molecule has 0 aromatic heterocycles. The number of nitrogen functional groups attached to an aromatic ring is 1. The average molecular weight is 371 g/mol. The molecule has 2 rings (SSSR count). The molecule has 0 radical (unpaired) electrons. The predicted octanol–water partition coefficient (Wildman–Crippen LogP) is 2.87. The van der Waals surface area contributed by atoms with E-state index >= 15 is 0 Å². The fraction of sp³-hybridized carbons (Fsp3) is 0.143. The molecule has 0 unspecified atom stereocenters. The quantitative estimate of drug-likeness (QED) is 0.839. The maximum Gasteiger partial charge on any atom is 0.265 e. The highest BCUT2D eigenvalue weighted by atomic mass is 79.9. The van der Waals surface area contributed by atoms with Crippen LogP contribution in [-0.2, 0) is 10.0 Å². The minimum absolute atomic E-state index is 0.155. The largest absolute Gasteiger partial charge is 0.497 e. The van der Waals surface area contributed by atoms with Crippen molar-refractivity contribution in [3.63, 3.8) is 0 Å². The number of ether oxygens (including phenoxy) is 1. The monoisotopic (exact) mass is 370 g/mol. The number of anilines is 2. The minimum atomic E-state index is -3.69. The maximum absolute atomic E-state index is 12.7. The van der Waals surface area contributed by atoms with Gasteiger partial charge < -0.3 is 10.5 Å². The Bertz CT molecular complexity index is 763. The topological polar surface area (TPSA) is 72.6 Å². The number of sulfonamides is 1. The molecule has 2 aromatic rings. The summed E-state index contributed by atoms with van der Waals surface area (Å²) in [5, 5.41) is 0. The van der Waals surface area contributed by atoms with Gasteiger partial charge in [-0.15, -0.1) is 0 Å². The van der Waals surface area contributed by atoms with Crippen molar-refractivity contribution in [1.29, 1.82) is 0 Å². The van der Waals surface area contributed by atoms with Gasteiger partial charge in [-0.2, -0.15) is 0 Å². The Balaban J connectivity index is 2.47. The van der Waals surface area contributed by atoms with Crippen LogP contribution in [0, 0.1) is 0 Å². The molecule has 7 heteroatoms. The second-order valence-electron chi connectivity index (χ2n) is 4.36. The molecule has 2 aromatic carbocycles. The van der Waals surface area contributed by atoms with Gasteiger partial charge in [-0.25, -0.2) is 8.42 Å². The normalized spacial score (nSPS) is 11.2. The zero-order valence-corrected chi connectivity index (χ0v) is 14.0. The number of rotatable bonds is 4. The first kappa shape index (κ1) is 15.7. The summed E-state index contributed by atoms with van der Waals surface area (Å²) in [7, 11) is -0.664. The number of halogens is 1. The van der Waals surface area contributed by atoms with Gasteiger partial charge in [0, 0.05) is 23.3 Å². The van der Waals surface area contributed by atoms with Crippen LogP contribution in [0.15, 0.2) is 51.8 Å². The summed E-state index contributed by atoms with van der Waals surface area (Å²) >= 11 is 3.24. The van der Waals surface area contributed by atoms with Crippen molar-refractivity contribution in [3.8, 4) is 5.75 Å². The van der Waals surface area contributed by atoms with Crippen LogP contribution in [0.25, 0.3) is 0 Å². The summed E-state index contributed by atoms with van der Waals surface area (Å²) < 4.78 is 32.1.